The number of esters is 1. The van der Waals surface area contributed by atoms with E-state index in [1.165, 1.54) is 0 Å². The van der Waals surface area contributed by atoms with Crippen molar-refractivity contribution < 1.29 is 18.7 Å². The highest BCUT2D eigenvalue weighted by molar-refractivity contribution is 5.99. The first kappa shape index (κ1) is 8.66. The van der Waals surface area contributed by atoms with E-state index in [2.05, 4.69) is 4.74 Å². The lowest BCUT2D eigenvalue weighted by Gasteiger charge is -2.08. The maximum Gasteiger partial charge on any atom is 0.344 e. The van der Waals surface area contributed by atoms with Gasteiger partial charge in [0.2, 0.25) is 5.67 Å². The number of carbonyl (C=O) groups excluding carboxylic acids is 2. The van der Waals surface area contributed by atoms with Crippen molar-refractivity contribution in [3.63, 3.8) is 0 Å². The van der Waals surface area contributed by atoms with Crippen LogP contribution in [0.5, 0.6) is 0 Å². The number of carbonyl (C=O) groups is 2. The van der Waals surface area contributed by atoms with Crippen LogP contribution in [0.25, 0.3) is 0 Å². The molecule has 3 nitrogen and oxygen atoms in total. The fourth-order valence-electron chi connectivity index (χ4n) is 2.23. The van der Waals surface area contributed by atoms with Crippen molar-refractivity contribution in [1.82, 2.24) is 0 Å². The Hall–Kier alpha value is -0.930. The average molecular weight is 186 g/mol. The van der Waals surface area contributed by atoms with E-state index in [0.717, 1.165) is 0 Å². The van der Waals surface area contributed by atoms with Crippen LogP contribution in [0.3, 0.4) is 0 Å². The summed E-state index contributed by atoms with van der Waals surface area (Å²) in [6.45, 7) is 1.79. The molecule has 0 N–H and O–H groups in total. The summed E-state index contributed by atoms with van der Waals surface area (Å²) >= 11 is 0. The van der Waals surface area contributed by atoms with E-state index in [4.69, 9.17) is 0 Å². The van der Waals surface area contributed by atoms with Crippen molar-refractivity contribution in [3.05, 3.63) is 0 Å². The number of Topliss-reactive ketones (excluding diaryl/α,β-unsaturated/α-hetero) is 1. The Morgan fingerprint density at radius 2 is 2.46 bits per heavy atom. The summed E-state index contributed by atoms with van der Waals surface area (Å²) in [4.78, 5) is 22.2. The Bertz CT molecular complexity index is 276. The predicted octanol–water partition coefficient (Wildman–Crippen LogP) is 0.867. The molecular weight excluding hydrogens is 175 g/mol. The molecule has 0 spiro atoms. The van der Waals surface area contributed by atoms with Crippen molar-refractivity contribution in [2.45, 2.75) is 25.4 Å². The topological polar surface area (TPSA) is 43.4 Å². The molecular formula is C9H11FO3. The van der Waals surface area contributed by atoms with Gasteiger partial charge in [-0.25, -0.2) is 9.18 Å². The molecule has 2 rings (SSSR count). The van der Waals surface area contributed by atoms with Gasteiger partial charge in [-0.3, -0.25) is 4.79 Å². The second kappa shape index (κ2) is 2.53. The second-order valence-corrected chi connectivity index (χ2v) is 3.58. The van der Waals surface area contributed by atoms with Gasteiger partial charge in [0, 0.05) is 12.3 Å². The summed E-state index contributed by atoms with van der Waals surface area (Å²) in [5.41, 5.74) is -1.97. The van der Waals surface area contributed by atoms with E-state index in [0.29, 0.717) is 12.8 Å². The van der Waals surface area contributed by atoms with Gasteiger partial charge >= 0.3 is 5.97 Å². The van der Waals surface area contributed by atoms with Crippen LogP contribution in [0.2, 0.25) is 0 Å². The molecule has 0 heterocycles. The molecule has 2 aliphatic rings. The molecule has 0 bridgehead atoms. The summed E-state index contributed by atoms with van der Waals surface area (Å²) in [7, 11) is 0. The van der Waals surface area contributed by atoms with Gasteiger partial charge in [0.15, 0.2) is 0 Å². The molecule has 0 aliphatic heterocycles. The van der Waals surface area contributed by atoms with Gasteiger partial charge in [-0.2, -0.15) is 0 Å². The Kier molecular flexibility index (Phi) is 1.68. The molecule has 0 unspecified atom stereocenters. The van der Waals surface area contributed by atoms with Gasteiger partial charge in [-0.05, 0) is 13.3 Å². The second-order valence-electron chi connectivity index (χ2n) is 3.58. The zero-order valence-electron chi connectivity index (χ0n) is 7.38. The number of rotatable bonds is 2. The number of ketones is 1. The molecule has 0 amide bonds. The number of hydrogen-bond donors (Lipinski definition) is 0. The first-order valence-electron chi connectivity index (χ1n) is 4.51. The fraction of sp³-hybridized carbons (Fsp3) is 0.778. The van der Waals surface area contributed by atoms with Gasteiger partial charge in [-0.15, -0.1) is 0 Å². The lowest BCUT2D eigenvalue weighted by Crippen LogP contribution is -2.28. The molecule has 0 aromatic rings. The minimum Gasteiger partial charge on any atom is -0.464 e. The van der Waals surface area contributed by atoms with Gasteiger partial charge < -0.3 is 4.74 Å². The van der Waals surface area contributed by atoms with Gasteiger partial charge in [0.05, 0.1) is 12.5 Å². The van der Waals surface area contributed by atoms with E-state index in [1.54, 1.807) is 6.92 Å². The molecule has 0 aromatic carbocycles. The van der Waals surface area contributed by atoms with E-state index in [-0.39, 0.29) is 18.3 Å². The summed E-state index contributed by atoms with van der Waals surface area (Å²) in [5, 5.41) is 0. The van der Waals surface area contributed by atoms with Crippen LogP contribution in [0, 0.1) is 11.8 Å². The maximum atomic E-state index is 13.7. The highest BCUT2D eigenvalue weighted by atomic mass is 19.1. The normalized spacial score (nSPS) is 41.5. The van der Waals surface area contributed by atoms with E-state index >= 15 is 0 Å². The Balaban J connectivity index is 2.09. The van der Waals surface area contributed by atoms with Crippen molar-refractivity contribution in [1.29, 1.82) is 0 Å². The quantitative estimate of drug-likeness (QED) is 0.601. The zero-order chi connectivity index (χ0) is 9.64. The minimum atomic E-state index is -1.97. The Morgan fingerprint density at radius 3 is 2.92 bits per heavy atom. The minimum absolute atomic E-state index is 0.124. The summed E-state index contributed by atoms with van der Waals surface area (Å²) in [6, 6.07) is 0. The van der Waals surface area contributed by atoms with Crippen LogP contribution in [-0.2, 0) is 14.3 Å². The average Bonchev–Trinajstić information content (AvgIpc) is 2.47. The molecule has 0 aromatic heterocycles. The van der Waals surface area contributed by atoms with E-state index in [9.17, 15) is 14.0 Å². The molecule has 0 radical (unpaired) electrons. The summed E-state index contributed by atoms with van der Waals surface area (Å²) < 4.78 is 18.3. The highest BCUT2D eigenvalue weighted by Gasteiger charge is 2.77. The fourth-order valence-corrected chi connectivity index (χ4v) is 2.23. The number of fused-ring (bicyclic) bond motifs is 1. The lowest BCUT2D eigenvalue weighted by molar-refractivity contribution is -0.153. The lowest BCUT2D eigenvalue weighted by atomic mass is 10.1. The molecule has 13 heavy (non-hydrogen) atoms. The summed E-state index contributed by atoms with van der Waals surface area (Å²) in [6.07, 6.45) is 0.916. The third-order valence-corrected chi connectivity index (χ3v) is 2.92. The number of ether oxygens (including phenoxy) is 1. The molecule has 2 saturated carbocycles. The molecule has 0 saturated heterocycles. The van der Waals surface area contributed by atoms with Gasteiger partial charge in [0.25, 0.3) is 0 Å². The Morgan fingerprint density at radius 1 is 1.77 bits per heavy atom. The smallest absolute Gasteiger partial charge is 0.344 e. The third kappa shape index (κ3) is 0.943. The van der Waals surface area contributed by atoms with Crippen molar-refractivity contribution >= 4 is 11.8 Å². The van der Waals surface area contributed by atoms with Crippen molar-refractivity contribution in [2.75, 3.05) is 6.61 Å². The van der Waals surface area contributed by atoms with Crippen LogP contribution >= 0.6 is 0 Å². The molecule has 4 heteroatoms. The first-order valence-corrected chi connectivity index (χ1v) is 4.51. The maximum absolute atomic E-state index is 13.7. The van der Waals surface area contributed by atoms with Crippen LogP contribution in [0.1, 0.15) is 19.8 Å². The highest BCUT2D eigenvalue weighted by Crippen LogP contribution is 2.61. The van der Waals surface area contributed by atoms with Crippen molar-refractivity contribution in [2.24, 2.45) is 11.8 Å². The molecule has 3 atom stereocenters. The van der Waals surface area contributed by atoms with Crippen LogP contribution < -0.4 is 0 Å². The number of alkyl halides is 1. The molecule has 72 valence electrons. The monoisotopic (exact) mass is 186 g/mol. The molecule has 2 fully saturated rings. The van der Waals surface area contributed by atoms with E-state index < -0.39 is 17.6 Å². The molecule has 2 aliphatic carbocycles. The van der Waals surface area contributed by atoms with E-state index in [1.807, 2.05) is 0 Å². The van der Waals surface area contributed by atoms with Gasteiger partial charge in [0.1, 0.15) is 5.78 Å². The Labute approximate surface area is 75.2 Å². The number of halogens is 1. The standard InChI is InChI=1S/C9H11FO3/c1-2-13-8(12)9(10)5-3-4-6(11)7(5)9/h5,7H,2-4H2,1H3/t5-,7-,9-/m0/s1. The van der Waals surface area contributed by atoms with Crippen LogP contribution in [0.15, 0.2) is 0 Å². The predicted molar refractivity (Wildman–Crippen MR) is 41.7 cm³/mol. The number of hydrogen-bond acceptors (Lipinski definition) is 3. The van der Waals surface area contributed by atoms with Crippen LogP contribution in [0.4, 0.5) is 4.39 Å². The first-order chi connectivity index (χ1) is 6.12. The largest absolute Gasteiger partial charge is 0.464 e. The van der Waals surface area contributed by atoms with Crippen LogP contribution in [-0.4, -0.2) is 24.0 Å². The third-order valence-electron chi connectivity index (χ3n) is 2.92. The van der Waals surface area contributed by atoms with Gasteiger partial charge in [-0.1, -0.05) is 0 Å². The summed E-state index contributed by atoms with van der Waals surface area (Å²) in [5.74, 6) is -2.05. The van der Waals surface area contributed by atoms with Crippen molar-refractivity contribution in [3.8, 4) is 0 Å². The SMILES string of the molecule is CCOC(=O)[C@@]1(F)[C@@H]2C(=O)CC[C@@H]21. The zero-order valence-corrected chi connectivity index (χ0v) is 7.38.